The molecule has 0 saturated carbocycles. The third-order valence-corrected chi connectivity index (χ3v) is 5.90. The second kappa shape index (κ2) is 7.17. The summed E-state index contributed by atoms with van der Waals surface area (Å²) in [5.74, 6) is 1.76. The topological polar surface area (TPSA) is 30.7 Å². The van der Waals surface area contributed by atoms with Crippen molar-refractivity contribution in [1.82, 2.24) is 14.8 Å². The number of benzene rings is 1. The Balaban J connectivity index is 1.79. The summed E-state index contributed by atoms with van der Waals surface area (Å²) in [5.41, 5.74) is 1.26. The molecule has 3 aromatic rings. The number of hydrogen-bond acceptors (Lipinski definition) is 4. The zero-order valence-corrected chi connectivity index (χ0v) is 15.8. The summed E-state index contributed by atoms with van der Waals surface area (Å²) >= 11 is 12.7. The van der Waals surface area contributed by atoms with E-state index in [1.54, 1.807) is 11.8 Å². The second-order valence-corrected chi connectivity index (χ2v) is 8.14. The SMILES string of the molecule is CCn1c(SCc2ccc(Br)cc2)nnc1-c1ccc(Cl)s1. The molecule has 2 aromatic heterocycles. The summed E-state index contributed by atoms with van der Waals surface area (Å²) in [6.45, 7) is 2.94. The van der Waals surface area contributed by atoms with Gasteiger partial charge >= 0.3 is 0 Å². The van der Waals surface area contributed by atoms with E-state index in [4.69, 9.17) is 11.6 Å². The minimum atomic E-state index is 0.768. The average Bonchev–Trinajstić information content (AvgIpc) is 3.12. The highest BCUT2D eigenvalue weighted by Gasteiger charge is 2.14. The molecule has 0 amide bonds. The fourth-order valence-electron chi connectivity index (χ4n) is 2.03. The summed E-state index contributed by atoms with van der Waals surface area (Å²) in [6, 6.07) is 12.2. The van der Waals surface area contributed by atoms with Crippen molar-refractivity contribution in [1.29, 1.82) is 0 Å². The maximum Gasteiger partial charge on any atom is 0.191 e. The summed E-state index contributed by atoms with van der Waals surface area (Å²) in [7, 11) is 0. The van der Waals surface area contributed by atoms with Crippen LogP contribution in [0.2, 0.25) is 4.34 Å². The number of thiophene rings is 1. The largest absolute Gasteiger partial charge is 0.302 e. The Kier molecular flexibility index (Phi) is 5.23. The van der Waals surface area contributed by atoms with Crippen LogP contribution in [-0.2, 0) is 12.3 Å². The van der Waals surface area contributed by atoms with Crippen molar-refractivity contribution in [2.24, 2.45) is 0 Å². The van der Waals surface area contributed by atoms with E-state index in [0.29, 0.717) is 0 Å². The lowest BCUT2D eigenvalue weighted by atomic mass is 10.2. The summed E-state index contributed by atoms with van der Waals surface area (Å²) in [4.78, 5) is 1.05. The van der Waals surface area contributed by atoms with Gasteiger partial charge in [0.1, 0.15) is 0 Å². The van der Waals surface area contributed by atoms with Crippen molar-refractivity contribution in [3.63, 3.8) is 0 Å². The van der Waals surface area contributed by atoms with Gasteiger partial charge in [0, 0.05) is 16.8 Å². The van der Waals surface area contributed by atoms with Gasteiger partial charge in [0.15, 0.2) is 11.0 Å². The first kappa shape index (κ1) is 16.1. The van der Waals surface area contributed by atoms with E-state index in [9.17, 15) is 0 Å². The van der Waals surface area contributed by atoms with E-state index >= 15 is 0 Å². The van der Waals surface area contributed by atoms with Crippen LogP contribution in [0.5, 0.6) is 0 Å². The van der Waals surface area contributed by atoms with Crippen molar-refractivity contribution in [2.75, 3.05) is 0 Å². The average molecular weight is 415 g/mol. The van der Waals surface area contributed by atoms with Crippen molar-refractivity contribution < 1.29 is 0 Å². The lowest BCUT2D eigenvalue weighted by Gasteiger charge is -2.06. The third kappa shape index (κ3) is 3.56. The predicted molar refractivity (Wildman–Crippen MR) is 97.7 cm³/mol. The van der Waals surface area contributed by atoms with E-state index < -0.39 is 0 Å². The molecule has 3 nitrogen and oxygen atoms in total. The molecule has 0 unspecified atom stereocenters. The lowest BCUT2D eigenvalue weighted by Crippen LogP contribution is -1.99. The van der Waals surface area contributed by atoms with Crippen LogP contribution in [0.4, 0.5) is 0 Å². The highest BCUT2D eigenvalue weighted by molar-refractivity contribution is 9.10. The quantitative estimate of drug-likeness (QED) is 0.499. The van der Waals surface area contributed by atoms with Crippen LogP contribution < -0.4 is 0 Å². The maximum absolute atomic E-state index is 6.02. The summed E-state index contributed by atoms with van der Waals surface area (Å²) in [5, 5.41) is 9.60. The Hall–Kier alpha value is -0.820. The van der Waals surface area contributed by atoms with Crippen LogP contribution in [0, 0.1) is 0 Å². The maximum atomic E-state index is 6.02. The van der Waals surface area contributed by atoms with Gasteiger partial charge in [-0.3, -0.25) is 0 Å². The number of aromatic nitrogens is 3. The number of thioether (sulfide) groups is 1. The molecule has 22 heavy (non-hydrogen) atoms. The monoisotopic (exact) mass is 413 g/mol. The van der Waals surface area contributed by atoms with Crippen molar-refractivity contribution in [3.8, 4) is 10.7 Å². The van der Waals surface area contributed by atoms with Crippen LogP contribution in [-0.4, -0.2) is 14.8 Å². The molecule has 1 aromatic carbocycles. The first-order valence-electron chi connectivity index (χ1n) is 6.73. The van der Waals surface area contributed by atoms with E-state index in [2.05, 4.69) is 61.9 Å². The molecule has 2 heterocycles. The molecule has 114 valence electrons. The molecule has 0 spiro atoms. The van der Waals surface area contributed by atoms with Gasteiger partial charge in [-0.25, -0.2) is 0 Å². The fraction of sp³-hybridized carbons (Fsp3) is 0.200. The van der Waals surface area contributed by atoms with Gasteiger partial charge in [-0.2, -0.15) is 0 Å². The Morgan fingerprint density at radius 3 is 2.59 bits per heavy atom. The Bertz CT molecular complexity index is 767. The second-order valence-electron chi connectivity index (χ2n) is 4.57. The standard InChI is InChI=1S/C15H13BrClN3S2/c1-2-20-14(12-7-8-13(17)22-12)18-19-15(20)21-9-10-3-5-11(16)6-4-10/h3-8H,2,9H2,1H3. The van der Waals surface area contributed by atoms with E-state index in [1.807, 2.05) is 12.1 Å². The molecular weight excluding hydrogens is 402 g/mol. The normalized spacial score (nSPS) is 11.0. The molecule has 0 atom stereocenters. The van der Waals surface area contributed by atoms with Crippen molar-refractivity contribution in [3.05, 3.63) is 50.8 Å². The van der Waals surface area contributed by atoms with Gasteiger partial charge in [0.25, 0.3) is 0 Å². The van der Waals surface area contributed by atoms with Crippen molar-refractivity contribution >= 4 is 50.6 Å². The summed E-state index contributed by atoms with van der Waals surface area (Å²) < 4.78 is 3.99. The number of nitrogens with zero attached hydrogens (tertiary/aromatic N) is 3. The van der Waals surface area contributed by atoms with Crippen LogP contribution in [0.1, 0.15) is 12.5 Å². The molecule has 0 aliphatic carbocycles. The van der Waals surface area contributed by atoms with Crippen LogP contribution in [0.15, 0.2) is 46.0 Å². The Morgan fingerprint density at radius 1 is 1.18 bits per heavy atom. The van der Waals surface area contributed by atoms with E-state index in [0.717, 1.165) is 37.0 Å². The molecule has 0 aliphatic rings. The Morgan fingerprint density at radius 2 is 1.95 bits per heavy atom. The van der Waals surface area contributed by atoms with Gasteiger partial charge in [0.2, 0.25) is 0 Å². The minimum Gasteiger partial charge on any atom is -0.302 e. The van der Waals surface area contributed by atoms with Gasteiger partial charge in [0.05, 0.1) is 9.21 Å². The van der Waals surface area contributed by atoms with E-state index in [-0.39, 0.29) is 0 Å². The van der Waals surface area contributed by atoms with Crippen LogP contribution in [0.3, 0.4) is 0 Å². The Labute approximate surface area is 150 Å². The highest BCUT2D eigenvalue weighted by atomic mass is 79.9. The molecule has 0 aliphatic heterocycles. The molecule has 0 bridgehead atoms. The predicted octanol–water partition coefficient (Wildman–Crippen LogP) is 5.73. The highest BCUT2D eigenvalue weighted by Crippen LogP contribution is 2.32. The van der Waals surface area contributed by atoms with Gasteiger partial charge in [-0.1, -0.05) is 51.4 Å². The van der Waals surface area contributed by atoms with Crippen molar-refractivity contribution in [2.45, 2.75) is 24.4 Å². The molecule has 0 fully saturated rings. The van der Waals surface area contributed by atoms with E-state index in [1.165, 1.54) is 16.9 Å². The zero-order valence-electron chi connectivity index (χ0n) is 11.8. The van der Waals surface area contributed by atoms with Gasteiger partial charge in [-0.15, -0.1) is 21.5 Å². The molecule has 3 rings (SSSR count). The van der Waals surface area contributed by atoms with Gasteiger partial charge in [-0.05, 0) is 36.8 Å². The van der Waals surface area contributed by atoms with Crippen LogP contribution in [0.25, 0.3) is 10.7 Å². The zero-order chi connectivity index (χ0) is 15.5. The molecule has 0 radical (unpaired) electrons. The fourth-order valence-corrected chi connectivity index (χ4v) is 4.29. The number of halogens is 2. The number of rotatable bonds is 5. The first-order valence-corrected chi connectivity index (χ1v) is 9.71. The summed E-state index contributed by atoms with van der Waals surface area (Å²) in [6.07, 6.45) is 0. The molecule has 7 heteroatoms. The van der Waals surface area contributed by atoms with Crippen LogP contribution >= 0.6 is 50.6 Å². The first-order chi connectivity index (χ1) is 10.7. The molecule has 0 saturated heterocycles. The van der Waals surface area contributed by atoms with Gasteiger partial charge < -0.3 is 4.57 Å². The minimum absolute atomic E-state index is 0.768. The number of hydrogen-bond donors (Lipinski definition) is 0. The molecular formula is C15H13BrClN3S2. The molecule has 0 N–H and O–H groups in total. The lowest BCUT2D eigenvalue weighted by molar-refractivity contribution is 0.688. The third-order valence-electron chi connectivity index (χ3n) is 3.11. The smallest absolute Gasteiger partial charge is 0.191 e.